The van der Waals surface area contributed by atoms with Gasteiger partial charge in [-0.25, -0.2) is 17.9 Å². The summed E-state index contributed by atoms with van der Waals surface area (Å²) in [4.78, 5) is 70.9. The van der Waals surface area contributed by atoms with Gasteiger partial charge in [0, 0.05) is 12.3 Å². The Morgan fingerprint density at radius 1 is 1.05 bits per heavy atom. The Morgan fingerprint density at radius 3 is 2.34 bits per heavy atom. The minimum absolute atomic E-state index is 0.0475. The summed E-state index contributed by atoms with van der Waals surface area (Å²) in [6, 6.07) is 3.43. The van der Waals surface area contributed by atoms with E-state index in [0.29, 0.717) is 56.7 Å². The predicted molar refractivity (Wildman–Crippen MR) is 209 cm³/mol. The molecule has 4 amide bonds. The highest BCUT2D eigenvalue weighted by atomic mass is 32.2. The average molecular weight is 851 g/mol. The molecule has 2 aliphatic carbocycles. The van der Waals surface area contributed by atoms with Gasteiger partial charge in [-0.2, -0.15) is 13.2 Å². The Labute approximate surface area is 340 Å². The first-order chi connectivity index (χ1) is 27.4. The van der Waals surface area contributed by atoms with E-state index < -0.39 is 85.9 Å². The van der Waals surface area contributed by atoms with Gasteiger partial charge in [-0.15, -0.1) is 5.10 Å². The number of ether oxygens (including phenoxy) is 2. The minimum atomic E-state index is -4.93. The number of carbonyl (C=O) groups excluding carboxylic acids is 4. The lowest BCUT2D eigenvalue weighted by molar-refractivity contribution is -0.244. The molecule has 3 heterocycles. The molecular formula is C40H53F3N6O9S. The highest BCUT2D eigenvalue weighted by Crippen LogP contribution is 2.47. The van der Waals surface area contributed by atoms with Gasteiger partial charge in [-0.1, -0.05) is 38.1 Å². The fraction of sp³-hybridized carbons (Fsp3) is 0.650. The highest BCUT2D eigenvalue weighted by molar-refractivity contribution is 7.91. The third-order valence-corrected chi connectivity index (χ3v) is 14.3. The van der Waals surface area contributed by atoms with Crippen molar-refractivity contribution in [2.75, 3.05) is 6.54 Å². The van der Waals surface area contributed by atoms with E-state index in [-0.39, 0.29) is 42.8 Å². The number of sulfonamides is 1. The van der Waals surface area contributed by atoms with Crippen LogP contribution in [0, 0.1) is 17.8 Å². The largest absolute Gasteiger partial charge is 0.471 e. The lowest BCUT2D eigenvalue weighted by Crippen LogP contribution is -2.59. The molecule has 1 aromatic carbocycles. The molecule has 2 aromatic rings. The third-order valence-electron chi connectivity index (χ3n) is 12.1. The van der Waals surface area contributed by atoms with Gasteiger partial charge < -0.3 is 25.0 Å². The maximum atomic E-state index is 14.8. The van der Waals surface area contributed by atoms with Crippen LogP contribution in [0.15, 0.2) is 41.2 Å². The summed E-state index contributed by atoms with van der Waals surface area (Å²) in [6.45, 7) is 9.74. The number of halogens is 3. The Kier molecular flexibility index (Phi) is 11.7. The lowest BCUT2D eigenvalue weighted by atomic mass is 9.88. The van der Waals surface area contributed by atoms with Gasteiger partial charge in [0.25, 0.3) is 11.5 Å². The number of hydrogen-bond donors (Lipinski definition) is 3. The molecule has 0 bridgehead atoms. The molecule has 1 saturated heterocycles. The van der Waals surface area contributed by atoms with E-state index in [0.717, 1.165) is 4.90 Å². The molecule has 4 aliphatic rings. The highest BCUT2D eigenvalue weighted by Gasteiger charge is 2.63. The van der Waals surface area contributed by atoms with Crippen LogP contribution in [0.4, 0.5) is 18.0 Å². The van der Waals surface area contributed by atoms with Crippen LogP contribution in [0.25, 0.3) is 10.8 Å². The van der Waals surface area contributed by atoms with E-state index in [1.807, 2.05) is 13.0 Å². The second-order valence-corrected chi connectivity index (χ2v) is 19.9. The van der Waals surface area contributed by atoms with Crippen LogP contribution in [0.3, 0.4) is 0 Å². The molecule has 2 saturated carbocycles. The van der Waals surface area contributed by atoms with Crippen molar-refractivity contribution in [1.82, 2.24) is 30.0 Å². The second kappa shape index (κ2) is 15.7. The molecule has 19 heteroatoms. The standard InChI is InChI=1S/C40H53F3N6O9S/c1-22(2)49-33(51)28-15-11-10-14-27(28)32(46-49)57-26-19-29-31(50)45-39(35(53)47-59(55,56)38(7)16-17-38)20-25(39)13-9-8-12-23(3)18-24(4)30(34(52)48(29)21-26)44-36(54)58-37(5,6)40(41,42)43/h9-11,13-15,22-26,29-30H,8,12,16-21H2,1-7H3,(H,44,54)(H,45,50)(H,47,53)/b13-9-/t23-,24-,25?,26-,29+,30+,39-/m1/s1. The van der Waals surface area contributed by atoms with Crippen LogP contribution in [0.1, 0.15) is 99.5 Å². The number of aromatic nitrogens is 2. The van der Waals surface area contributed by atoms with Gasteiger partial charge in [-0.3, -0.25) is 23.9 Å². The van der Waals surface area contributed by atoms with Crippen LogP contribution >= 0.6 is 0 Å². The fourth-order valence-corrected chi connectivity index (χ4v) is 9.13. The summed E-state index contributed by atoms with van der Waals surface area (Å²) >= 11 is 0. The number of nitrogens with zero attached hydrogens (tertiary/aromatic N) is 3. The molecule has 0 radical (unpaired) electrons. The summed E-state index contributed by atoms with van der Waals surface area (Å²) in [5, 5.41) is 10.3. The van der Waals surface area contributed by atoms with Gasteiger partial charge in [0.2, 0.25) is 33.3 Å². The SMILES string of the molecule is CC(C)n1nc(O[C@@H]2C[C@H]3C(=O)N[C@]4(C(=O)NS(=O)(=O)C5(C)CC5)CC4/C=C\CC[C@@H](C)C[C@@H](C)[C@H](NC(=O)OC(C)(C)C(F)(F)F)C(=O)N3C2)c2ccccc2c1=O. The van der Waals surface area contributed by atoms with E-state index in [2.05, 4.69) is 20.5 Å². The number of nitrogens with one attached hydrogen (secondary N) is 3. The van der Waals surface area contributed by atoms with Gasteiger partial charge in [0.1, 0.15) is 23.7 Å². The first-order valence-corrected chi connectivity index (χ1v) is 21.5. The van der Waals surface area contributed by atoms with Crippen molar-refractivity contribution in [3.05, 3.63) is 46.8 Å². The molecule has 3 N–H and O–H groups in total. The van der Waals surface area contributed by atoms with E-state index in [1.165, 1.54) is 11.6 Å². The topological polar surface area (TPSA) is 195 Å². The summed E-state index contributed by atoms with van der Waals surface area (Å²) < 4.78 is 81.2. The normalized spacial score (nSPS) is 29.3. The monoisotopic (exact) mass is 850 g/mol. The summed E-state index contributed by atoms with van der Waals surface area (Å²) in [7, 11) is -4.10. The van der Waals surface area contributed by atoms with Crippen molar-refractivity contribution < 1.29 is 50.2 Å². The molecule has 0 spiro atoms. The predicted octanol–water partition coefficient (Wildman–Crippen LogP) is 4.65. The number of benzene rings is 1. The first-order valence-electron chi connectivity index (χ1n) is 20.0. The Morgan fingerprint density at radius 2 is 1.71 bits per heavy atom. The van der Waals surface area contributed by atoms with Crippen LogP contribution in [-0.4, -0.2) is 93.7 Å². The molecule has 3 fully saturated rings. The molecule has 2 aliphatic heterocycles. The number of alkyl halides is 3. The number of hydrogen-bond acceptors (Lipinski definition) is 10. The number of fused-ring (bicyclic) bond motifs is 3. The molecular weight excluding hydrogens is 798 g/mol. The van der Waals surface area contributed by atoms with Crippen molar-refractivity contribution in [3.63, 3.8) is 0 Å². The fourth-order valence-electron chi connectivity index (χ4n) is 7.81. The molecule has 6 rings (SSSR count). The Balaban J connectivity index is 1.38. The number of rotatable bonds is 8. The summed E-state index contributed by atoms with van der Waals surface area (Å²) in [5.41, 5.74) is -4.93. The maximum absolute atomic E-state index is 14.8. The summed E-state index contributed by atoms with van der Waals surface area (Å²) in [6.07, 6.45) is -1.65. The Bertz CT molecular complexity index is 2210. The van der Waals surface area contributed by atoms with Gasteiger partial charge in [0.05, 0.1) is 28.1 Å². The molecule has 1 unspecified atom stereocenters. The number of carbonyl (C=O) groups is 4. The Hall–Kier alpha value is -4.68. The maximum Gasteiger partial charge on any atom is 0.427 e. The van der Waals surface area contributed by atoms with Crippen molar-refractivity contribution in [2.45, 2.75) is 140 Å². The van der Waals surface area contributed by atoms with Gasteiger partial charge >= 0.3 is 12.3 Å². The van der Waals surface area contributed by atoms with Crippen LogP contribution in [-0.2, 0) is 29.1 Å². The van der Waals surface area contributed by atoms with Crippen LogP contribution in [0.2, 0.25) is 0 Å². The van der Waals surface area contributed by atoms with Crippen molar-refractivity contribution in [2.24, 2.45) is 17.8 Å². The van der Waals surface area contributed by atoms with Crippen molar-refractivity contribution >= 4 is 44.6 Å². The van der Waals surface area contributed by atoms with Gasteiger partial charge in [-0.05, 0) is 97.1 Å². The smallest absolute Gasteiger partial charge is 0.427 e. The van der Waals surface area contributed by atoms with Crippen molar-refractivity contribution in [1.29, 1.82) is 0 Å². The van der Waals surface area contributed by atoms with E-state index >= 15 is 0 Å². The average Bonchev–Trinajstić information content (AvgIpc) is 4.02. The number of alkyl carbamates (subject to hydrolysis) is 1. The van der Waals surface area contributed by atoms with Gasteiger partial charge in [0.15, 0.2) is 0 Å². The minimum Gasteiger partial charge on any atom is -0.471 e. The number of allylic oxidation sites excluding steroid dienone is 1. The molecule has 324 valence electrons. The van der Waals surface area contributed by atoms with E-state index in [1.54, 1.807) is 51.1 Å². The zero-order valence-electron chi connectivity index (χ0n) is 34.2. The molecule has 7 atom stereocenters. The number of amides is 4. The zero-order valence-corrected chi connectivity index (χ0v) is 35.0. The second-order valence-electron chi connectivity index (χ2n) is 17.7. The van der Waals surface area contributed by atoms with Crippen LogP contribution in [0.5, 0.6) is 5.88 Å². The van der Waals surface area contributed by atoms with E-state index in [4.69, 9.17) is 9.47 Å². The quantitative estimate of drug-likeness (QED) is 0.315. The summed E-state index contributed by atoms with van der Waals surface area (Å²) in [5.74, 6) is -3.79. The lowest BCUT2D eigenvalue weighted by Gasteiger charge is -2.34. The third kappa shape index (κ3) is 8.80. The molecule has 59 heavy (non-hydrogen) atoms. The first kappa shape index (κ1) is 43.9. The van der Waals surface area contributed by atoms with Crippen molar-refractivity contribution in [3.8, 4) is 5.88 Å². The van der Waals surface area contributed by atoms with Crippen LogP contribution < -0.4 is 25.7 Å². The molecule has 15 nitrogen and oxygen atoms in total. The van der Waals surface area contributed by atoms with E-state index in [9.17, 15) is 45.6 Å². The molecule has 1 aromatic heterocycles. The zero-order chi connectivity index (χ0) is 43.5.